The number of Topliss-reactive ketones (excluding diaryl/α,β-unsaturated/α-hetero) is 1. The molecule has 0 saturated heterocycles. The Bertz CT molecular complexity index is 851. The van der Waals surface area contributed by atoms with Crippen molar-refractivity contribution >= 4 is 34.9 Å². The summed E-state index contributed by atoms with van der Waals surface area (Å²) in [6.45, 7) is 2.14. The van der Waals surface area contributed by atoms with Gasteiger partial charge in [0.2, 0.25) is 0 Å². The van der Waals surface area contributed by atoms with Gasteiger partial charge in [0.05, 0.1) is 15.6 Å². The molecule has 1 heterocycles. The molecule has 1 aliphatic rings. The minimum Gasteiger partial charge on any atom is -0.334 e. The van der Waals surface area contributed by atoms with Crippen molar-refractivity contribution in [2.45, 2.75) is 19.9 Å². The molecule has 0 bridgehead atoms. The first-order chi connectivity index (χ1) is 11.4. The fraction of sp³-hybridized carbons (Fsp3) is 0.222. The lowest BCUT2D eigenvalue weighted by Gasteiger charge is -2.30. The largest absolute Gasteiger partial charge is 0.334 e. The Kier molecular flexibility index (Phi) is 4.61. The summed E-state index contributed by atoms with van der Waals surface area (Å²) < 4.78 is 13.3. The third-order valence-electron chi connectivity index (χ3n) is 4.08. The molecule has 2 aromatic rings. The van der Waals surface area contributed by atoms with Crippen LogP contribution in [0.15, 0.2) is 30.3 Å². The number of nitrogens with zero attached hydrogens (tertiary/aromatic N) is 1. The third kappa shape index (κ3) is 3.04. The normalized spacial score (nSPS) is 13.8. The second-order valence-corrected chi connectivity index (χ2v) is 6.52. The maximum absolute atomic E-state index is 13.3. The predicted octanol–water partition coefficient (Wildman–Crippen LogP) is 4.53. The standard InChI is InChI=1S/C18H14Cl2FNO2/c1-10(23)16-15(19)8-14-13(17(16)20)5-6-22(18(14)24)9-11-3-2-4-12(21)7-11/h2-4,7-8H,5-6,9H2,1H3. The van der Waals surface area contributed by atoms with Crippen molar-refractivity contribution in [2.75, 3.05) is 6.54 Å². The summed E-state index contributed by atoms with van der Waals surface area (Å²) in [5.74, 6) is -0.795. The van der Waals surface area contributed by atoms with E-state index in [2.05, 4.69) is 0 Å². The number of fused-ring (bicyclic) bond motifs is 1. The van der Waals surface area contributed by atoms with Gasteiger partial charge in [-0.3, -0.25) is 9.59 Å². The van der Waals surface area contributed by atoms with E-state index in [1.54, 1.807) is 17.0 Å². The first-order valence-corrected chi connectivity index (χ1v) is 8.19. The van der Waals surface area contributed by atoms with Crippen LogP contribution in [0.1, 0.15) is 38.8 Å². The number of rotatable bonds is 3. The van der Waals surface area contributed by atoms with E-state index >= 15 is 0 Å². The number of benzene rings is 2. The molecule has 0 aliphatic carbocycles. The summed E-state index contributed by atoms with van der Waals surface area (Å²) >= 11 is 12.4. The Morgan fingerprint density at radius 3 is 2.71 bits per heavy atom. The van der Waals surface area contributed by atoms with Crippen LogP contribution in [-0.2, 0) is 13.0 Å². The zero-order valence-corrected chi connectivity index (χ0v) is 14.4. The van der Waals surface area contributed by atoms with Gasteiger partial charge in [0, 0.05) is 18.7 Å². The topological polar surface area (TPSA) is 37.4 Å². The van der Waals surface area contributed by atoms with Crippen molar-refractivity contribution in [3.05, 3.63) is 68.4 Å². The fourth-order valence-electron chi connectivity index (χ4n) is 2.94. The van der Waals surface area contributed by atoms with Gasteiger partial charge in [0.15, 0.2) is 5.78 Å². The van der Waals surface area contributed by atoms with Gasteiger partial charge in [-0.1, -0.05) is 35.3 Å². The quantitative estimate of drug-likeness (QED) is 0.749. The molecule has 0 unspecified atom stereocenters. The van der Waals surface area contributed by atoms with Crippen LogP contribution >= 0.6 is 23.2 Å². The number of ketones is 1. The van der Waals surface area contributed by atoms with E-state index in [-0.39, 0.29) is 33.1 Å². The fourth-order valence-corrected chi connectivity index (χ4v) is 3.76. The molecule has 0 radical (unpaired) electrons. The minimum absolute atomic E-state index is 0.173. The molecule has 0 N–H and O–H groups in total. The molecule has 0 atom stereocenters. The molecule has 124 valence electrons. The van der Waals surface area contributed by atoms with Gasteiger partial charge in [-0.2, -0.15) is 0 Å². The van der Waals surface area contributed by atoms with Crippen LogP contribution in [0.3, 0.4) is 0 Å². The van der Waals surface area contributed by atoms with Crippen LogP contribution in [0.5, 0.6) is 0 Å². The number of carbonyl (C=O) groups excluding carboxylic acids is 2. The first-order valence-electron chi connectivity index (χ1n) is 7.44. The molecule has 0 saturated carbocycles. The molecule has 0 spiro atoms. The Labute approximate surface area is 149 Å². The van der Waals surface area contributed by atoms with Gasteiger partial charge in [0.1, 0.15) is 5.82 Å². The molecule has 24 heavy (non-hydrogen) atoms. The van der Waals surface area contributed by atoms with E-state index in [9.17, 15) is 14.0 Å². The molecule has 3 rings (SSSR count). The van der Waals surface area contributed by atoms with E-state index in [0.717, 1.165) is 0 Å². The number of hydrogen-bond donors (Lipinski definition) is 0. The highest BCUT2D eigenvalue weighted by molar-refractivity contribution is 6.40. The Balaban J connectivity index is 1.95. The highest BCUT2D eigenvalue weighted by atomic mass is 35.5. The zero-order chi connectivity index (χ0) is 17.4. The van der Waals surface area contributed by atoms with Gasteiger partial charge in [-0.25, -0.2) is 4.39 Å². The number of halogens is 3. The van der Waals surface area contributed by atoms with Crippen molar-refractivity contribution in [3.63, 3.8) is 0 Å². The average molecular weight is 366 g/mol. The molecule has 0 fully saturated rings. The van der Waals surface area contributed by atoms with Crippen LogP contribution < -0.4 is 0 Å². The average Bonchev–Trinajstić information content (AvgIpc) is 2.50. The van der Waals surface area contributed by atoms with Gasteiger partial charge >= 0.3 is 0 Å². The SMILES string of the molecule is CC(=O)c1c(Cl)cc2c(c1Cl)CCN(Cc1cccc(F)c1)C2=O. The van der Waals surface area contributed by atoms with E-state index < -0.39 is 0 Å². The summed E-state index contributed by atoms with van der Waals surface area (Å²) in [7, 11) is 0. The van der Waals surface area contributed by atoms with Crippen LogP contribution in [0.4, 0.5) is 4.39 Å². The van der Waals surface area contributed by atoms with Gasteiger partial charge < -0.3 is 4.90 Å². The number of amides is 1. The molecular weight excluding hydrogens is 352 g/mol. The van der Waals surface area contributed by atoms with Crippen molar-refractivity contribution in [3.8, 4) is 0 Å². The molecule has 1 aliphatic heterocycles. The summed E-state index contributed by atoms with van der Waals surface area (Å²) in [6.07, 6.45) is 0.521. The van der Waals surface area contributed by atoms with Gasteiger partial charge in [0.25, 0.3) is 5.91 Å². The van der Waals surface area contributed by atoms with Crippen molar-refractivity contribution < 1.29 is 14.0 Å². The van der Waals surface area contributed by atoms with Gasteiger partial charge in [-0.15, -0.1) is 0 Å². The second kappa shape index (κ2) is 6.54. The molecule has 0 aromatic heterocycles. The lowest BCUT2D eigenvalue weighted by atomic mass is 9.95. The second-order valence-electron chi connectivity index (χ2n) is 5.74. The molecule has 1 amide bonds. The van der Waals surface area contributed by atoms with Crippen LogP contribution in [-0.4, -0.2) is 23.1 Å². The van der Waals surface area contributed by atoms with E-state index in [0.29, 0.717) is 36.2 Å². The number of hydrogen-bond acceptors (Lipinski definition) is 2. The molecular formula is C18H14Cl2FNO2. The minimum atomic E-state index is -0.338. The van der Waals surface area contributed by atoms with Gasteiger partial charge in [-0.05, 0) is 42.7 Å². The van der Waals surface area contributed by atoms with E-state index in [1.165, 1.54) is 25.1 Å². The monoisotopic (exact) mass is 365 g/mol. The first kappa shape index (κ1) is 16.9. The van der Waals surface area contributed by atoms with Crippen LogP contribution in [0, 0.1) is 5.82 Å². The predicted molar refractivity (Wildman–Crippen MR) is 91.3 cm³/mol. The third-order valence-corrected chi connectivity index (χ3v) is 4.80. The Morgan fingerprint density at radius 2 is 2.04 bits per heavy atom. The summed E-state index contributed by atoms with van der Waals surface area (Å²) in [4.78, 5) is 26.0. The highest BCUT2D eigenvalue weighted by Gasteiger charge is 2.29. The Morgan fingerprint density at radius 1 is 1.29 bits per heavy atom. The molecule has 3 nitrogen and oxygen atoms in total. The number of carbonyl (C=O) groups is 2. The summed E-state index contributed by atoms with van der Waals surface area (Å²) in [5.41, 5.74) is 2.01. The highest BCUT2D eigenvalue weighted by Crippen LogP contribution is 2.35. The zero-order valence-electron chi connectivity index (χ0n) is 12.9. The smallest absolute Gasteiger partial charge is 0.254 e. The lowest BCUT2D eigenvalue weighted by molar-refractivity contribution is 0.0726. The lowest BCUT2D eigenvalue weighted by Crippen LogP contribution is -2.37. The van der Waals surface area contributed by atoms with Crippen molar-refractivity contribution in [1.29, 1.82) is 0 Å². The van der Waals surface area contributed by atoms with E-state index in [4.69, 9.17) is 23.2 Å². The summed E-state index contributed by atoms with van der Waals surface area (Å²) in [6, 6.07) is 7.64. The maximum atomic E-state index is 13.3. The molecule has 2 aromatic carbocycles. The summed E-state index contributed by atoms with van der Waals surface area (Å²) in [5, 5.41) is 0.427. The Hall–Kier alpha value is -1.91. The van der Waals surface area contributed by atoms with Crippen LogP contribution in [0.2, 0.25) is 10.0 Å². The van der Waals surface area contributed by atoms with Crippen molar-refractivity contribution in [1.82, 2.24) is 4.90 Å². The molecule has 6 heteroatoms. The van der Waals surface area contributed by atoms with E-state index in [1.807, 2.05) is 0 Å². The maximum Gasteiger partial charge on any atom is 0.254 e. The van der Waals surface area contributed by atoms with Crippen molar-refractivity contribution in [2.24, 2.45) is 0 Å². The van der Waals surface area contributed by atoms with Crippen LogP contribution in [0.25, 0.3) is 0 Å².